The summed E-state index contributed by atoms with van der Waals surface area (Å²) >= 11 is 0. The van der Waals surface area contributed by atoms with Crippen LogP contribution in [0, 0.1) is 0 Å². The van der Waals surface area contributed by atoms with E-state index in [1.165, 1.54) is 0 Å². The van der Waals surface area contributed by atoms with Crippen LogP contribution < -0.4 is 5.32 Å². The van der Waals surface area contributed by atoms with Crippen LogP contribution in [0.5, 0.6) is 0 Å². The fraction of sp³-hybridized carbons (Fsp3) is 1.00. The Morgan fingerprint density at radius 3 is 2.41 bits per heavy atom. The molecule has 0 aliphatic heterocycles. The predicted octanol–water partition coefficient (Wildman–Crippen LogP) is -0.0615. The molecule has 0 amide bonds. The molecule has 3 atom stereocenters. The maximum absolute atomic E-state index is 9.71. The van der Waals surface area contributed by atoms with Gasteiger partial charge >= 0.3 is 0 Å². The highest BCUT2D eigenvalue weighted by Gasteiger charge is 2.10. The van der Waals surface area contributed by atoms with Crippen molar-refractivity contribution in [3.63, 3.8) is 0 Å². The lowest BCUT2D eigenvalue weighted by Gasteiger charge is -2.21. The third-order valence-corrected chi connectivity index (χ3v) is 2.32. The van der Waals surface area contributed by atoms with Gasteiger partial charge in [-0.15, -0.1) is 0 Å². The van der Waals surface area contributed by atoms with Crippen molar-refractivity contribution in [2.75, 3.05) is 47.5 Å². The van der Waals surface area contributed by atoms with E-state index < -0.39 is 6.10 Å². The summed E-state index contributed by atoms with van der Waals surface area (Å²) < 4.78 is 10.4. The van der Waals surface area contributed by atoms with Gasteiger partial charge < -0.3 is 24.8 Å². The summed E-state index contributed by atoms with van der Waals surface area (Å²) in [6.45, 7) is 6.42. The van der Waals surface area contributed by atoms with Crippen LogP contribution in [0.4, 0.5) is 0 Å². The van der Waals surface area contributed by atoms with E-state index in [1.54, 1.807) is 7.11 Å². The number of aliphatic hydroxyl groups is 1. The Hall–Kier alpha value is -0.200. The van der Waals surface area contributed by atoms with Gasteiger partial charge in [0.2, 0.25) is 0 Å². The van der Waals surface area contributed by atoms with Gasteiger partial charge in [-0.25, -0.2) is 0 Å². The van der Waals surface area contributed by atoms with Gasteiger partial charge in [-0.2, -0.15) is 0 Å². The van der Waals surface area contributed by atoms with E-state index in [1.807, 2.05) is 21.0 Å². The molecule has 0 heterocycles. The SMILES string of the molecule is COCC(C)OCC(O)CNC(C)CN(C)C. The first kappa shape index (κ1) is 16.8. The Balaban J connectivity index is 3.55. The highest BCUT2D eigenvalue weighted by molar-refractivity contribution is 4.67. The molecule has 5 heteroatoms. The van der Waals surface area contributed by atoms with Gasteiger partial charge in [0, 0.05) is 26.2 Å². The molecule has 0 aliphatic carbocycles. The van der Waals surface area contributed by atoms with Crippen LogP contribution in [0.3, 0.4) is 0 Å². The largest absolute Gasteiger partial charge is 0.389 e. The molecule has 0 bridgehead atoms. The van der Waals surface area contributed by atoms with E-state index >= 15 is 0 Å². The number of methoxy groups -OCH3 is 1. The lowest BCUT2D eigenvalue weighted by atomic mass is 10.3. The fourth-order valence-electron chi connectivity index (χ4n) is 1.57. The van der Waals surface area contributed by atoms with Crippen LogP contribution in [-0.2, 0) is 9.47 Å². The molecule has 0 rings (SSSR count). The molecule has 0 aromatic heterocycles. The number of rotatable bonds is 10. The number of likely N-dealkylation sites (N-methyl/N-ethyl adjacent to an activating group) is 1. The summed E-state index contributed by atoms with van der Waals surface area (Å²) in [5.41, 5.74) is 0. The second-order valence-electron chi connectivity index (χ2n) is 4.82. The molecule has 104 valence electrons. The molecule has 0 aromatic rings. The standard InChI is InChI=1S/C12H28N2O3/c1-10(7-14(3)4)13-6-12(15)9-17-11(2)8-16-5/h10-13,15H,6-9H2,1-5H3. The minimum Gasteiger partial charge on any atom is -0.389 e. The molecule has 2 N–H and O–H groups in total. The summed E-state index contributed by atoms with van der Waals surface area (Å²) in [6, 6.07) is 0.357. The highest BCUT2D eigenvalue weighted by Crippen LogP contribution is 1.94. The summed E-state index contributed by atoms with van der Waals surface area (Å²) in [6.07, 6.45) is -0.451. The lowest BCUT2D eigenvalue weighted by molar-refractivity contribution is -0.0316. The van der Waals surface area contributed by atoms with Crippen LogP contribution in [0.25, 0.3) is 0 Å². The number of hydrogen-bond donors (Lipinski definition) is 2. The zero-order chi connectivity index (χ0) is 13.3. The molecule has 0 radical (unpaired) electrons. The van der Waals surface area contributed by atoms with Crippen molar-refractivity contribution in [2.24, 2.45) is 0 Å². The second-order valence-corrected chi connectivity index (χ2v) is 4.82. The molecular weight excluding hydrogens is 220 g/mol. The van der Waals surface area contributed by atoms with Crippen molar-refractivity contribution in [1.82, 2.24) is 10.2 Å². The van der Waals surface area contributed by atoms with Gasteiger partial charge in [-0.1, -0.05) is 0 Å². The van der Waals surface area contributed by atoms with E-state index in [0.717, 1.165) is 6.54 Å². The molecule has 0 fully saturated rings. The number of hydrogen-bond acceptors (Lipinski definition) is 5. The van der Waals surface area contributed by atoms with Gasteiger partial charge in [-0.3, -0.25) is 0 Å². The second kappa shape index (κ2) is 9.79. The zero-order valence-electron chi connectivity index (χ0n) is 11.8. The van der Waals surface area contributed by atoms with Crippen molar-refractivity contribution in [2.45, 2.75) is 32.1 Å². The third-order valence-electron chi connectivity index (χ3n) is 2.32. The van der Waals surface area contributed by atoms with E-state index in [4.69, 9.17) is 9.47 Å². The van der Waals surface area contributed by atoms with E-state index in [-0.39, 0.29) is 6.10 Å². The van der Waals surface area contributed by atoms with Crippen molar-refractivity contribution >= 4 is 0 Å². The molecular formula is C12H28N2O3. The third kappa shape index (κ3) is 10.7. The first-order chi connectivity index (χ1) is 7.95. The number of nitrogens with one attached hydrogen (secondary N) is 1. The van der Waals surface area contributed by atoms with E-state index in [9.17, 15) is 5.11 Å². The normalized spacial score (nSPS) is 17.1. The maximum Gasteiger partial charge on any atom is 0.0897 e. The van der Waals surface area contributed by atoms with Gasteiger partial charge in [0.05, 0.1) is 25.4 Å². The Morgan fingerprint density at radius 2 is 1.88 bits per heavy atom. The summed E-state index contributed by atoms with van der Waals surface area (Å²) in [4.78, 5) is 2.11. The minimum absolute atomic E-state index is 0.0221. The molecule has 5 nitrogen and oxygen atoms in total. The molecule has 0 saturated carbocycles. The fourth-order valence-corrected chi connectivity index (χ4v) is 1.57. The lowest BCUT2D eigenvalue weighted by Crippen LogP contribution is -2.41. The summed E-state index contributed by atoms with van der Waals surface area (Å²) in [7, 11) is 5.70. The quantitative estimate of drug-likeness (QED) is 0.567. The Kier molecular flexibility index (Phi) is 9.68. The maximum atomic E-state index is 9.71. The number of aliphatic hydroxyl groups excluding tert-OH is 1. The Bertz CT molecular complexity index is 179. The molecule has 0 saturated heterocycles. The summed E-state index contributed by atoms with van der Waals surface area (Å²) in [5, 5.41) is 13.0. The monoisotopic (exact) mass is 248 g/mol. The topological polar surface area (TPSA) is 54.0 Å². The summed E-state index contributed by atoms with van der Waals surface area (Å²) in [5.74, 6) is 0. The first-order valence-corrected chi connectivity index (χ1v) is 6.12. The van der Waals surface area contributed by atoms with E-state index in [2.05, 4.69) is 17.1 Å². The van der Waals surface area contributed by atoms with Crippen LogP contribution in [0.2, 0.25) is 0 Å². The predicted molar refractivity (Wildman–Crippen MR) is 69.3 cm³/mol. The zero-order valence-corrected chi connectivity index (χ0v) is 11.8. The van der Waals surface area contributed by atoms with Gasteiger partial charge in [-0.05, 0) is 27.9 Å². The van der Waals surface area contributed by atoms with Crippen LogP contribution >= 0.6 is 0 Å². The molecule has 0 aromatic carbocycles. The average Bonchev–Trinajstić information content (AvgIpc) is 2.23. The Labute approximate surface area is 105 Å². The molecule has 0 spiro atoms. The average molecular weight is 248 g/mol. The minimum atomic E-state index is -0.473. The smallest absolute Gasteiger partial charge is 0.0897 e. The number of nitrogens with zero attached hydrogens (tertiary/aromatic N) is 1. The molecule has 0 aliphatic rings. The van der Waals surface area contributed by atoms with Crippen LogP contribution in [0.15, 0.2) is 0 Å². The Morgan fingerprint density at radius 1 is 1.24 bits per heavy atom. The highest BCUT2D eigenvalue weighted by atomic mass is 16.5. The van der Waals surface area contributed by atoms with Crippen LogP contribution in [-0.4, -0.2) is 75.8 Å². The number of ether oxygens (including phenoxy) is 2. The van der Waals surface area contributed by atoms with Crippen molar-refractivity contribution < 1.29 is 14.6 Å². The van der Waals surface area contributed by atoms with Crippen molar-refractivity contribution in [3.05, 3.63) is 0 Å². The molecule has 3 unspecified atom stereocenters. The van der Waals surface area contributed by atoms with Gasteiger partial charge in [0.25, 0.3) is 0 Å². The van der Waals surface area contributed by atoms with Gasteiger partial charge in [0.15, 0.2) is 0 Å². The van der Waals surface area contributed by atoms with Gasteiger partial charge in [0.1, 0.15) is 0 Å². The molecule has 17 heavy (non-hydrogen) atoms. The van der Waals surface area contributed by atoms with E-state index in [0.29, 0.717) is 25.8 Å². The van der Waals surface area contributed by atoms with Crippen molar-refractivity contribution in [1.29, 1.82) is 0 Å². The van der Waals surface area contributed by atoms with Crippen LogP contribution in [0.1, 0.15) is 13.8 Å². The van der Waals surface area contributed by atoms with Crippen molar-refractivity contribution in [3.8, 4) is 0 Å². The first-order valence-electron chi connectivity index (χ1n) is 6.12.